The number of fused-ring (bicyclic) bond motifs is 1. The number of nitriles is 1. The van der Waals surface area contributed by atoms with Crippen molar-refractivity contribution in [2.24, 2.45) is 5.11 Å². The normalized spacial score (nSPS) is 10.5. The minimum absolute atomic E-state index is 0.202. The fraction of sp³-hybridized carbons (Fsp3) is 0.167. The van der Waals surface area contributed by atoms with Gasteiger partial charge in [-0.3, -0.25) is 9.78 Å². The van der Waals surface area contributed by atoms with Crippen molar-refractivity contribution in [3.8, 4) is 11.8 Å². The number of aryl methyl sites for hydroxylation is 2. The molecular formula is C18H15N5O. The van der Waals surface area contributed by atoms with Crippen LogP contribution in [0, 0.1) is 23.8 Å². The van der Waals surface area contributed by atoms with Gasteiger partial charge in [0.25, 0.3) is 5.91 Å². The zero-order valence-corrected chi connectivity index (χ0v) is 13.2. The van der Waals surface area contributed by atoms with Gasteiger partial charge in [-0.2, -0.15) is 5.26 Å². The highest BCUT2D eigenvalue weighted by molar-refractivity contribution is 5.80. The Hall–Kier alpha value is -3.33. The van der Waals surface area contributed by atoms with Gasteiger partial charge in [-0.15, -0.1) is 5.11 Å². The monoisotopic (exact) mass is 317 g/mol. The molecule has 1 N–H and O–H groups in total. The summed E-state index contributed by atoms with van der Waals surface area (Å²) >= 11 is 0. The maximum Gasteiger partial charge on any atom is 0.264 e. The highest BCUT2D eigenvalue weighted by Crippen LogP contribution is 2.24. The van der Waals surface area contributed by atoms with E-state index in [1.54, 1.807) is 18.3 Å². The standard InChI is InChI=1S/C18H15N5O/c1-12-8-16-17(9-14(11-21-16)4-7-18(24)22-20)23(12)15-5-2-13(10-19)3-6-15/h2-3,5-6,8-9,11,20H,4,7H2,1H3. The van der Waals surface area contributed by atoms with Crippen LogP contribution in [0.3, 0.4) is 0 Å². The molecule has 24 heavy (non-hydrogen) atoms. The van der Waals surface area contributed by atoms with Crippen LogP contribution in [0.4, 0.5) is 0 Å². The fourth-order valence-electron chi connectivity index (χ4n) is 2.72. The van der Waals surface area contributed by atoms with Crippen LogP contribution in [0.25, 0.3) is 16.7 Å². The zero-order valence-electron chi connectivity index (χ0n) is 13.2. The molecule has 0 aliphatic carbocycles. The summed E-state index contributed by atoms with van der Waals surface area (Å²) < 4.78 is 2.07. The second-order valence-corrected chi connectivity index (χ2v) is 5.53. The quantitative estimate of drug-likeness (QED) is 0.743. The second kappa shape index (κ2) is 6.42. The van der Waals surface area contributed by atoms with Gasteiger partial charge < -0.3 is 4.57 Å². The highest BCUT2D eigenvalue weighted by Gasteiger charge is 2.10. The summed E-state index contributed by atoms with van der Waals surface area (Å²) in [6.07, 6.45) is 2.46. The number of benzene rings is 1. The van der Waals surface area contributed by atoms with E-state index in [2.05, 4.69) is 20.7 Å². The van der Waals surface area contributed by atoms with Crippen LogP contribution in [-0.4, -0.2) is 15.5 Å². The lowest BCUT2D eigenvalue weighted by Gasteiger charge is -2.09. The van der Waals surface area contributed by atoms with Crippen molar-refractivity contribution in [1.82, 2.24) is 9.55 Å². The molecule has 0 bridgehead atoms. The highest BCUT2D eigenvalue weighted by atomic mass is 16.1. The molecule has 118 valence electrons. The smallest absolute Gasteiger partial charge is 0.264 e. The number of carbonyl (C=O) groups is 1. The first-order chi connectivity index (χ1) is 11.6. The zero-order chi connectivity index (χ0) is 17.1. The summed E-state index contributed by atoms with van der Waals surface area (Å²) in [5, 5.41) is 11.8. The average molecular weight is 317 g/mol. The van der Waals surface area contributed by atoms with E-state index in [4.69, 9.17) is 10.8 Å². The number of hydrogen-bond donors (Lipinski definition) is 1. The third-order valence-electron chi connectivity index (χ3n) is 3.90. The number of rotatable bonds is 4. The second-order valence-electron chi connectivity index (χ2n) is 5.53. The molecule has 0 saturated heterocycles. The molecule has 0 saturated carbocycles. The molecule has 2 aromatic heterocycles. The Labute approximate surface area is 138 Å². The molecule has 0 fully saturated rings. The van der Waals surface area contributed by atoms with Crippen LogP contribution >= 0.6 is 0 Å². The van der Waals surface area contributed by atoms with Gasteiger partial charge in [-0.05, 0) is 55.3 Å². The number of nitrogens with one attached hydrogen (secondary N) is 1. The topological polar surface area (TPSA) is 94.9 Å². The summed E-state index contributed by atoms with van der Waals surface area (Å²) in [5.41, 5.74) is 12.1. The summed E-state index contributed by atoms with van der Waals surface area (Å²) in [6.45, 7) is 2.00. The Balaban J connectivity index is 2.03. The molecule has 0 aliphatic rings. The molecule has 3 rings (SSSR count). The lowest BCUT2D eigenvalue weighted by molar-refractivity contribution is -0.118. The van der Waals surface area contributed by atoms with Gasteiger partial charge in [-0.25, -0.2) is 5.53 Å². The molecule has 2 heterocycles. The van der Waals surface area contributed by atoms with Crippen molar-refractivity contribution in [1.29, 1.82) is 10.8 Å². The molecule has 6 nitrogen and oxygen atoms in total. The number of hydrogen-bond acceptors (Lipinski definition) is 4. The summed E-state index contributed by atoms with van der Waals surface area (Å²) in [6, 6.07) is 13.5. The first-order valence-electron chi connectivity index (χ1n) is 7.50. The van der Waals surface area contributed by atoms with Gasteiger partial charge in [-0.1, -0.05) is 0 Å². The largest absolute Gasteiger partial charge is 0.312 e. The van der Waals surface area contributed by atoms with Crippen LogP contribution in [0.15, 0.2) is 47.7 Å². The number of amides is 1. The molecule has 3 aromatic rings. The van der Waals surface area contributed by atoms with E-state index in [0.29, 0.717) is 12.0 Å². The predicted octanol–water partition coefficient (Wildman–Crippen LogP) is 3.70. The van der Waals surface area contributed by atoms with Gasteiger partial charge in [0.15, 0.2) is 0 Å². The van der Waals surface area contributed by atoms with Gasteiger partial charge in [0, 0.05) is 24.0 Å². The van der Waals surface area contributed by atoms with Crippen molar-refractivity contribution < 1.29 is 4.79 Å². The molecule has 1 aromatic carbocycles. The lowest BCUT2D eigenvalue weighted by Crippen LogP contribution is -1.99. The van der Waals surface area contributed by atoms with Crippen LogP contribution in [0.1, 0.15) is 23.2 Å². The molecule has 0 unspecified atom stereocenters. The summed E-state index contributed by atoms with van der Waals surface area (Å²) in [7, 11) is 0. The molecule has 0 radical (unpaired) electrons. The molecule has 0 spiro atoms. The number of aromatic nitrogens is 2. The van der Waals surface area contributed by atoms with Crippen molar-refractivity contribution in [2.75, 3.05) is 0 Å². The van der Waals surface area contributed by atoms with E-state index in [0.717, 1.165) is 28.0 Å². The third kappa shape index (κ3) is 2.92. The molecule has 0 atom stereocenters. The third-order valence-corrected chi connectivity index (χ3v) is 3.90. The van der Waals surface area contributed by atoms with E-state index >= 15 is 0 Å². The Morgan fingerprint density at radius 2 is 2.08 bits per heavy atom. The molecule has 1 amide bonds. The van der Waals surface area contributed by atoms with E-state index in [1.165, 1.54) is 0 Å². The maximum atomic E-state index is 11.2. The van der Waals surface area contributed by atoms with E-state index in [-0.39, 0.29) is 6.42 Å². The van der Waals surface area contributed by atoms with Crippen molar-refractivity contribution in [2.45, 2.75) is 19.8 Å². The van der Waals surface area contributed by atoms with E-state index < -0.39 is 5.91 Å². The minimum Gasteiger partial charge on any atom is -0.312 e. The van der Waals surface area contributed by atoms with Gasteiger partial charge >= 0.3 is 0 Å². The molecule has 6 heteroatoms. The van der Waals surface area contributed by atoms with Gasteiger partial charge in [0.1, 0.15) is 0 Å². The fourth-order valence-corrected chi connectivity index (χ4v) is 2.72. The predicted molar refractivity (Wildman–Crippen MR) is 89.0 cm³/mol. The van der Waals surface area contributed by atoms with E-state index in [1.807, 2.05) is 31.2 Å². The van der Waals surface area contributed by atoms with E-state index in [9.17, 15) is 4.79 Å². The summed E-state index contributed by atoms with van der Waals surface area (Å²) in [4.78, 5) is 15.7. The average Bonchev–Trinajstić information content (AvgIpc) is 2.94. The van der Waals surface area contributed by atoms with Crippen molar-refractivity contribution in [3.05, 3.63) is 59.4 Å². The SMILES string of the molecule is Cc1cc2ncc(CCC(=O)N=N)cc2n1-c1ccc(C#N)cc1. The van der Waals surface area contributed by atoms with Crippen LogP contribution in [0.5, 0.6) is 0 Å². The van der Waals surface area contributed by atoms with Crippen LogP contribution in [-0.2, 0) is 11.2 Å². The number of pyridine rings is 1. The van der Waals surface area contributed by atoms with Crippen LogP contribution in [0.2, 0.25) is 0 Å². The molecule has 0 aliphatic heterocycles. The minimum atomic E-state index is -0.436. The molecular weight excluding hydrogens is 302 g/mol. The Morgan fingerprint density at radius 3 is 2.75 bits per heavy atom. The van der Waals surface area contributed by atoms with Crippen molar-refractivity contribution >= 4 is 16.9 Å². The van der Waals surface area contributed by atoms with Crippen molar-refractivity contribution in [3.63, 3.8) is 0 Å². The maximum absolute atomic E-state index is 11.2. The van der Waals surface area contributed by atoms with Crippen LogP contribution < -0.4 is 0 Å². The number of nitrogens with zero attached hydrogens (tertiary/aromatic N) is 4. The summed E-state index contributed by atoms with van der Waals surface area (Å²) in [5.74, 6) is -0.436. The first kappa shape index (κ1) is 15.6. The van der Waals surface area contributed by atoms with Gasteiger partial charge in [0.2, 0.25) is 0 Å². The Morgan fingerprint density at radius 1 is 1.33 bits per heavy atom. The Kier molecular flexibility index (Phi) is 4.17. The first-order valence-corrected chi connectivity index (χ1v) is 7.50. The Bertz CT molecular complexity index is 963. The lowest BCUT2D eigenvalue weighted by atomic mass is 10.1. The number of carbonyl (C=O) groups excluding carboxylic acids is 1. The van der Waals surface area contributed by atoms with Gasteiger partial charge in [0.05, 0.1) is 22.7 Å².